The Labute approximate surface area is 150 Å². The molecule has 0 atom stereocenters. The third kappa shape index (κ3) is 5.45. The van der Waals surface area contributed by atoms with Gasteiger partial charge in [-0.3, -0.25) is 4.99 Å². The molecule has 2 rings (SSSR count). The molecule has 2 N–H and O–H groups in total. The zero-order valence-corrected chi connectivity index (χ0v) is 16.4. The Morgan fingerprint density at radius 2 is 2.12 bits per heavy atom. The lowest BCUT2D eigenvalue weighted by molar-refractivity contribution is 0.0778. The number of hydrogen-bond acceptors (Lipinski definition) is 4. The van der Waals surface area contributed by atoms with Crippen molar-refractivity contribution in [3.05, 3.63) is 15.6 Å². The van der Waals surface area contributed by atoms with E-state index in [0.29, 0.717) is 5.41 Å². The van der Waals surface area contributed by atoms with Crippen LogP contribution in [0.1, 0.15) is 48.2 Å². The number of ether oxygens (including phenoxy) is 1. The molecule has 0 saturated heterocycles. The molecule has 0 bridgehead atoms. The van der Waals surface area contributed by atoms with Crippen LogP contribution >= 0.6 is 11.3 Å². The summed E-state index contributed by atoms with van der Waals surface area (Å²) in [5.41, 5.74) is 1.53. The van der Waals surface area contributed by atoms with Gasteiger partial charge < -0.3 is 15.4 Å². The molecule has 0 radical (unpaired) electrons. The molecule has 24 heavy (non-hydrogen) atoms. The summed E-state index contributed by atoms with van der Waals surface area (Å²) in [4.78, 5) is 10.7. The number of aromatic nitrogens is 1. The molecule has 0 aromatic carbocycles. The van der Waals surface area contributed by atoms with Gasteiger partial charge in [0.25, 0.3) is 0 Å². The van der Waals surface area contributed by atoms with Gasteiger partial charge in [-0.2, -0.15) is 0 Å². The first kappa shape index (κ1) is 19.2. The minimum atomic E-state index is 0.365. The lowest BCUT2D eigenvalue weighted by Crippen LogP contribution is -2.41. The topological polar surface area (TPSA) is 58.5 Å². The molecule has 0 spiro atoms. The zero-order chi connectivity index (χ0) is 17.4. The van der Waals surface area contributed by atoms with Gasteiger partial charge in [-0.05, 0) is 45.4 Å². The summed E-state index contributed by atoms with van der Waals surface area (Å²) in [6.07, 6.45) is 5.99. The van der Waals surface area contributed by atoms with Crippen LogP contribution in [0.25, 0.3) is 0 Å². The van der Waals surface area contributed by atoms with Gasteiger partial charge in [0.15, 0.2) is 5.96 Å². The Hall–Kier alpha value is -1.14. The van der Waals surface area contributed by atoms with Gasteiger partial charge >= 0.3 is 0 Å². The third-order valence-electron chi connectivity index (χ3n) is 4.81. The quantitative estimate of drug-likeness (QED) is 0.530. The fourth-order valence-corrected chi connectivity index (χ4v) is 4.11. The summed E-state index contributed by atoms with van der Waals surface area (Å²) in [5.74, 6) is 0.931. The molecule has 0 amide bonds. The van der Waals surface area contributed by atoms with Crippen LogP contribution in [0.2, 0.25) is 0 Å². The number of aryl methyl sites for hydroxylation is 2. The highest BCUT2D eigenvalue weighted by atomic mass is 32.1. The number of aliphatic imine (C=N–C) groups is 1. The molecule has 1 aliphatic rings. The Morgan fingerprint density at radius 3 is 2.67 bits per heavy atom. The molecular formula is C18H32N4OS. The number of hydrogen-bond donors (Lipinski definition) is 2. The van der Waals surface area contributed by atoms with E-state index in [4.69, 9.17) is 9.73 Å². The van der Waals surface area contributed by atoms with E-state index in [1.807, 2.05) is 0 Å². The maximum absolute atomic E-state index is 5.27. The van der Waals surface area contributed by atoms with Crippen molar-refractivity contribution < 1.29 is 4.74 Å². The number of methoxy groups -OCH3 is 1. The average molecular weight is 353 g/mol. The number of nitrogens with zero attached hydrogens (tertiary/aromatic N) is 2. The summed E-state index contributed by atoms with van der Waals surface area (Å²) < 4.78 is 5.27. The zero-order valence-electron chi connectivity index (χ0n) is 15.6. The number of guanidine groups is 1. The first-order chi connectivity index (χ1) is 11.6. The van der Waals surface area contributed by atoms with Crippen molar-refractivity contribution in [2.24, 2.45) is 10.4 Å². The monoisotopic (exact) mass is 352 g/mol. The van der Waals surface area contributed by atoms with Crippen LogP contribution in [0, 0.1) is 19.3 Å². The maximum Gasteiger partial charge on any atom is 0.191 e. The molecular weight excluding hydrogens is 320 g/mol. The molecule has 5 nitrogen and oxygen atoms in total. The second-order valence-corrected chi connectivity index (χ2v) is 8.00. The van der Waals surface area contributed by atoms with Gasteiger partial charge in [0.2, 0.25) is 0 Å². The number of rotatable bonds is 9. The molecule has 1 fully saturated rings. The van der Waals surface area contributed by atoms with Crippen molar-refractivity contribution in [1.82, 2.24) is 15.6 Å². The number of thiazole rings is 1. The van der Waals surface area contributed by atoms with Crippen molar-refractivity contribution in [3.8, 4) is 0 Å². The summed E-state index contributed by atoms with van der Waals surface area (Å²) in [5, 5.41) is 7.98. The van der Waals surface area contributed by atoms with Crippen LogP contribution < -0.4 is 10.6 Å². The van der Waals surface area contributed by atoms with Crippen molar-refractivity contribution in [1.29, 1.82) is 0 Å². The fraction of sp³-hybridized carbons (Fsp3) is 0.778. The number of nitrogens with one attached hydrogen (secondary N) is 2. The summed E-state index contributed by atoms with van der Waals surface area (Å²) in [7, 11) is 1.78. The van der Waals surface area contributed by atoms with E-state index in [9.17, 15) is 0 Å². The predicted octanol–water partition coefficient (Wildman–Crippen LogP) is 3.06. The van der Waals surface area contributed by atoms with E-state index in [2.05, 4.69) is 36.4 Å². The van der Waals surface area contributed by atoms with Crippen molar-refractivity contribution in [2.75, 3.05) is 33.4 Å². The molecule has 136 valence electrons. The molecule has 1 aromatic heterocycles. The van der Waals surface area contributed by atoms with Crippen LogP contribution in [0.15, 0.2) is 4.99 Å². The first-order valence-electron chi connectivity index (χ1n) is 9.02. The summed E-state index contributed by atoms with van der Waals surface area (Å²) >= 11 is 1.79. The van der Waals surface area contributed by atoms with Crippen molar-refractivity contribution >= 4 is 17.3 Å². The largest absolute Gasteiger partial charge is 0.385 e. The van der Waals surface area contributed by atoms with E-state index < -0.39 is 0 Å². The highest BCUT2D eigenvalue weighted by molar-refractivity contribution is 7.11. The second kappa shape index (κ2) is 9.37. The van der Waals surface area contributed by atoms with Crippen LogP contribution in [-0.4, -0.2) is 44.3 Å². The standard InChI is InChI=1S/C18H32N4OS/c1-5-19-17(20-11-7-16-14(2)22-15(3)24-16)21-13-18(8-6-9-18)10-12-23-4/h5-13H2,1-4H3,(H2,19,20,21). The fourth-order valence-electron chi connectivity index (χ4n) is 3.17. The third-order valence-corrected chi connectivity index (χ3v) is 5.94. The van der Waals surface area contributed by atoms with E-state index in [0.717, 1.165) is 55.7 Å². The van der Waals surface area contributed by atoms with Gasteiger partial charge in [0.05, 0.1) is 10.7 Å². The minimum absolute atomic E-state index is 0.365. The summed E-state index contributed by atoms with van der Waals surface area (Å²) in [6, 6.07) is 0. The Balaban J connectivity index is 1.85. The van der Waals surface area contributed by atoms with Crippen LogP contribution in [0.4, 0.5) is 0 Å². The molecule has 1 aliphatic carbocycles. The van der Waals surface area contributed by atoms with Crippen molar-refractivity contribution in [3.63, 3.8) is 0 Å². The predicted molar refractivity (Wildman–Crippen MR) is 102 cm³/mol. The molecule has 1 heterocycles. The maximum atomic E-state index is 5.27. The van der Waals surface area contributed by atoms with Gasteiger partial charge in [-0.15, -0.1) is 11.3 Å². The lowest BCUT2D eigenvalue weighted by atomic mass is 9.67. The van der Waals surface area contributed by atoms with Crippen LogP contribution in [0.3, 0.4) is 0 Å². The van der Waals surface area contributed by atoms with Crippen LogP contribution in [0.5, 0.6) is 0 Å². The molecule has 0 unspecified atom stereocenters. The lowest BCUT2D eigenvalue weighted by Gasteiger charge is -2.40. The second-order valence-electron chi connectivity index (χ2n) is 6.71. The van der Waals surface area contributed by atoms with Gasteiger partial charge in [-0.1, -0.05) is 6.42 Å². The van der Waals surface area contributed by atoms with Gasteiger partial charge in [0, 0.05) is 44.6 Å². The first-order valence-corrected chi connectivity index (χ1v) is 9.84. The molecule has 0 aliphatic heterocycles. The van der Waals surface area contributed by atoms with Gasteiger partial charge in [0.1, 0.15) is 0 Å². The highest BCUT2D eigenvalue weighted by Gasteiger charge is 2.36. The summed E-state index contributed by atoms with van der Waals surface area (Å²) in [6.45, 7) is 9.77. The van der Waals surface area contributed by atoms with E-state index in [1.54, 1.807) is 18.4 Å². The Kier molecular flexibility index (Phi) is 7.49. The van der Waals surface area contributed by atoms with Crippen LogP contribution in [-0.2, 0) is 11.2 Å². The van der Waals surface area contributed by atoms with E-state index in [1.165, 1.54) is 24.1 Å². The molecule has 1 aromatic rings. The van der Waals surface area contributed by atoms with E-state index >= 15 is 0 Å². The normalized spacial score (nSPS) is 16.8. The van der Waals surface area contributed by atoms with Crippen molar-refractivity contribution in [2.45, 2.75) is 52.9 Å². The Morgan fingerprint density at radius 1 is 1.33 bits per heavy atom. The highest BCUT2D eigenvalue weighted by Crippen LogP contribution is 2.44. The molecule has 1 saturated carbocycles. The van der Waals surface area contributed by atoms with Gasteiger partial charge in [-0.25, -0.2) is 4.98 Å². The molecule has 6 heteroatoms. The minimum Gasteiger partial charge on any atom is -0.385 e. The van der Waals surface area contributed by atoms with E-state index in [-0.39, 0.29) is 0 Å². The average Bonchev–Trinajstić information content (AvgIpc) is 2.83. The SMILES string of the molecule is CCNC(=NCC1(CCOC)CCC1)NCCc1sc(C)nc1C. The smallest absolute Gasteiger partial charge is 0.191 e. The Bertz CT molecular complexity index is 537.